The predicted octanol–water partition coefficient (Wildman–Crippen LogP) is 0.749. The zero-order valence-corrected chi connectivity index (χ0v) is 13.6. The van der Waals surface area contributed by atoms with Crippen molar-refractivity contribution >= 4 is 17.8 Å². The summed E-state index contributed by atoms with van der Waals surface area (Å²) >= 11 is 0. The number of amides is 1. The van der Waals surface area contributed by atoms with Crippen molar-refractivity contribution in [2.45, 2.75) is 59.0 Å². The Hall–Kier alpha value is -1.70. The molecule has 128 valence electrons. The summed E-state index contributed by atoms with van der Waals surface area (Å²) in [5.41, 5.74) is 0. The van der Waals surface area contributed by atoms with Crippen LogP contribution >= 0.6 is 0 Å². The van der Waals surface area contributed by atoms with Gasteiger partial charge in [0, 0.05) is 20.8 Å². The lowest BCUT2D eigenvalue weighted by molar-refractivity contribution is -0.153. The van der Waals surface area contributed by atoms with Crippen molar-refractivity contribution < 1.29 is 33.0 Å². The van der Waals surface area contributed by atoms with Gasteiger partial charge in [-0.2, -0.15) is 0 Å². The first kappa shape index (κ1) is 20.3. The number of carbonyl (C=O) groups excluding carboxylic acids is 3. The molecule has 1 N–H and O–H groups in total. The fraction of sp³-hybridized carbons (Fsp3) is 0.786. The zero-order chi connectivity index (χ0) is 17.3. The number of rotatable bonds is 9. The van der Waals surface area contributed by atoms with Crippen LogP contribution in [0, 0.1) is 0 Å². The van der Waals surface area contributed by atoms with E-state index in [-0.39, 0.29) is 19.1 Å². The maximum atomic E-state index is 13.5. The van der Waals surface area contributed by atoms with E-state index in [0.717, 1.165) is 0 Å². The van der Waals surface area contributed by atoms with E-state index in [1.165, 1.54) is 27.7 Å². The molecule has 0 aromatic carbocycles. The second kappa shape index (κ2) is 10.1. The lowest BCUT2D eigenvalue weighted by Gasteiger charge is -2.29. The molecule has 0 radical (unpaired) electrons. The van der Waals surface area contributed by atoms with Gasteiger partial charge in [0.25, 0.3) is 0 Å². The molecule has 0 saturated carbocycles. The molecule has 0 saturated heterocycles. The van der Waals surface area contributed by atoms with Crippen LogP contribution in [0.25, 0.3) is 0 Å². The average molecular weight is 321 g/mol. The number of hydrogen-bond donors (Lipinski definition) is 1. The van der Waals surface area contributed by atoms with Gasteiger partial charge in [-0.3, -0.25) is 14.4 Å². The van der Waals surface area contributed by atoms with E-state index in [0.29, 0.717) is 0 Å². The summed E-state index contributed by atoms with van der Waals surface area (Å²) < 4.78 is 28.6. The van der Waals surface area contributed by atoms with Gasteiger partial charge in [-0.15, -0.1) is 0 Å². The highest BCUT2D eigenvalue weighted by atomic mass is 19.1. The van der Waals surface area contributed by atoms with Gasteiger partial charge in [0.05, 0.1) is 12.1 Å². The van der Waals surface area contributed by atoms with Gasteiger partial charge in [0.15, 0.2) is 0 Å². The third-order valence-electron chi connectivity index (χ3n) is 2.77. The Morgan fingerprint density at radius 1 is 1.00 bits per heavy atom. The molecule has 2 unspecified atom stereocenters. The molecule has 0 aliphatic carbocycles. The van der Waals surface area contributed by atoms with E-state index in [4.69, 9.17) is 14.2 Å². The second-order valence-corrected chi connectivity index (χ2v) is 4.97. The van der Waals surface area contributed by atoms with Crippen LogP contribution in [0.4, 0.5) is 4.39 Å². The minimum absolute atomic E-state index is 0.100. The summed E-state index contributed by atoms with van der Waals surface area (Å²) in [5.74, 6) is -1.38. The molecule has 0 aliphatic heterocycles. The molecular formula is C14H24FNO6. The second-order valence-electron chi connectivity index (χ2n) is 4.97. The highest BCUT2D eigenvalue weighted by Gasteiger charge is 2.27. The molecule has 0 aromatic rings. The summed E-state index contributed by atoms with van der Waals surface area (Å²) in [7, 11) is 0. The van der Waals surface area contributed by atoms with E-state index >= 15 is 0 Å². The summed E-state index contributed by atoms with van der Waals surface area (Å²) in [6, 6.07) is -0.639. The van der Waals surface area contributed by atoms with Crippen molar-refractivity contribution in [3.63, 3.8) is 0 Å². The molecule has 0 fully saturated rings. The van der Waals surface area contributed by atoms with Crippen molar-refractivity contribution in [2.75, 3.05) is 13.2 Å². The molecule has 0 aliphatic rings. The number of hydrogen-bond acceptors (Lipinski definition) is 6. The van der Waals surface area contributed by atoms with Gasteiger partial charge in [-0.25, -0.2) is 4.39 Å². The predicted molar refractivity (Wildman–Crippen MR) is 75.8 cm³/mol. The highest BCUT2D eigenvalue weighted by Crippen LogP contribution is 2.11. The fourth-order valence-electron chi connectivity index (χ4n) is 1.61. The molecule has 0 heterocycles. The van der Waals surface area contributed by atoms with Gasteiger partial charge in [0.2, 0.25) is 5.91 Å². The molecule has 7 nitrogen and oxygen atoms in total. The van der Waals surface area contributed by atoms with E-state index in [9.17, 15) is 18.8 Å². The Morgan fingerprint density at radius 2 is 1.50 bits per heavy atom. The SMILES string of the molecule is CC(=O)N[C@@H](COC(C)=O)C(C)OC(COC(C)=O)[C@@H](C)F. The van der Waals surface area contributed by atoms with E-state index < -0.39 is 36.4 Å². The topological polar surface area (TPSA) is 90.9 Å². The minimum atomic E-state index is -1.38. The standard InChI is InChI=1S/C14H24FNO6/c1-8(15)14(7-21-12(5)19)22-9(2)13(16-10(3)17)6-20-11(4)18/h8-9,13-14H,6-7H2,1-5H3,(H,16,17)/t8-,9?,13+,14?/m1/s1. The quantitative estimate of drug-likeness (QED) is 0.630. The van der Waals surface area contributed by atoms with Crippen molar-refractivity contribution in [3.05, 3.63) is 0 Å². The van der Waals surface area contributed by atoms with Crippen LogP contribution in [0.15, 0.2) is 0 Å². The van der Waals surface area contributed by atoms with Crippen LogP contribution in [0.2, 0.25) is 0 Å². The first-order chi connectivity index (χ1) is 10.1. The lowest BCUT2D eigenvalue weighted by atomic mass is 10.1. The largest absolute Gasteiger partial charge is 0.464 e. The van der Waals surface area contributed by atoms with Gasteiger partial charge in [0.1, 0.15) is 25.5 Å². The third-order valence-corrected chi connectivity index (χ3v) is 2.77. The molecule has 0 bridgehead atoms. The zero-order valence-electron chi connectivity index (χ0n) is 13.6. The molecule has 22 heavy (non-hydrogen) atoms. The number of alkyl halides is 1. The van der Waals surface area contributed by atoms with Crippen LogP contribution in [-0.4, -0.2) is 55.5 Å². The van der Waals surface area contributed by atoms with Crippen molar-refractivity contribution in [2.24, 2.45) is 0 Å². The summed E-state index contributed by atoms with van der Waals surface area (Å²) in [5, 5.41) is 2.57. The average Bonchev–Trinajstić information content (AvgIpc) is 2.37. The maximum absolute atomic E-state index is 13.5. The summed E-state index contributed by atoms with van der Waals surface area (Å²) in [4.78, 5) is 32.9. The van der Waals surface area contributed by atoms with Crippen molar-refractivity contribution in [1.29, 1.82) is 0 Å². The fourth-order valence-corrected chi connectivity index (χ4v) is 1.61. The Balaban J connectivity index is 4.71. The lowest BCUT2D eigenvalue weighted by Crippen LogP contribution is -2.48. The molecule has 1 amide bonds. The maximum Gasteiger partial charge on any atom is 0.302 e. The van der Waals surface area contributed by atoms with Crippen LogP contribution < -0.4 is 5.32 Å². The molecule has 4 atom stereocenters. The summed E-state index contributed by atoms with van der Waals surface area (Å²) in [6.45, 7) is 6.30. The monoisotopic (exact) mass is 321 g/mol. The van der Waals surface area contributed by atoms with Gasteiger partial charge in [-0.1, -0.05) is 0 Å². The van der Waals surface area contributed by atoms with E-state index in [1.54, 1.807) is 6.92 Å². The molecule has 0 aromatic heterocycles. The Kier molecular flexibility index (Phi) is 9.32. The van der Waals surface area contributed by atoms with Crippen LogP contribution in [0.1, 0.15) is 34.6 Å². The highest BCUT2D eigenvalue weighted by molar-refractivity contribution is 5.73. The van der Waals surface area contributed by atoms with Gasteiger partial charge < -0.3 is 19.5 Å². The number of ether oxygens (including phenoxy) is 3. The number of carbonyl (C=O) groups is 3. The molecule has 0 spiro atoms. The van der Waals surface area contributed by atoms with Crippen molar-refractivity contribution in [1.82, 2.24) is 5.32 Å². The minimum Gasteiger partial charge on any atom is -0.464 e. The first-order valence-corrected chi connectivity index (χ1v) is 6.96. The molecule has 0 rings (SSSR count). The van der Waals surface area contributed by atoms with E-state index in [1.807, 2.05) is 0 Å². The number of esters is 2. The Labute approximate surface area is 129 Å². The van der Waals surface area contributed by atoms with Gasteiger partial charge in [-0.05, 0) is 13.8 Å². The molecule has 8 heteroatoms. The van der Waals surface area contributed by atoms with Crippen LogP contribution in [-0.2, 0) is 28.6 Å². The van der Waals surface area contributed by atoms with Crippen LogP contribution in [0.3, 0.4) is 0 Å². The van der Waals surface area contributed by atoms with Gasteiger partial charge >= 0.3 is 11.9 Å². The van der Waals surface area contributed by atoms with E-state index in [2.05, 4.69) is 5.32 Å². The normalized spacial score (nSPS) is 16.1. The Bertz CT molecular complexity index is 388. The third kappa shape index (κ3) is 9.28. The first-order valence-electron chi connectivity index (χ1n) is 6.96. The smallest absolute Gasteiger partial charge is 0.302 e. The summed E-state index contributed by atoms with van der Waals surface area (Å²) in [6.07, 6.45) is -3.01. The van der Waals surface area contributed by atoms with Crippen molar-refractivity contribution in [3.8, 4) is 0 Å². The molecular weight excluding hydrogens is 297 g/mol. The van der Waals surface area contributed by atoms with Crippen LogP contribution in [0.5, 0.6) is 0 Å². The Morgan fingerprint density at radius 3 is 1.91 bits per heavy atom. The number of nitrogens with one attached hydrogen (secondary N) is 1. The number of halogens is 1.